The lowest BCUT2D eigenvalue weighted by molar-refractivity contribution is 0.572. The van der Waals surface area contributed by atoms with E-state index in [0.29, 0.717) is 12.5 Å². The highest BCUT2D eigenvalue weighted by Gasteiger charge is 2.12. The van der Waals surface area contributed by atoms with Crippen LogP contribution >= 0.6 is 0 Å². The van der Waals surface area contributed by atoms with E-state index in [1.807, 2.05) is 19.1 Å². The topological polar surface area (TPSA) is 67.8 Å². The Hall–Kier alpha value is -1.55. The van der Waals surface area contributed by atoms with Crippen LogP contribution in [0.5, 0.6) is 0 Å². The van der Waals surface area contributed by atoms with E-state index in [-0.39, 0.29) is 0 Å². The molecule has 0 aliphatic rings. The second-order valence-electron chi connectivity index (χ2n) is 4.18. The van der Waals surface area contributed by atoms with Crippen molar-refractivity contribution in [2.24, 2.45) is 11.7 Å². The third-order valence-electron chi connectivity index (χ3n) is 2.63. The Labute approximate surface area is 94.9 Å². The quantitative estimate of drug-likeness (QED) is 0.827. The normalized spacial score (nSPS) is 12.9. The monoisotopic (exact) mass is 219 g/mol. The Morgan fingerprint density at radius 1 is 1.56 bits per heavy atom. The van der Waals surface area contributed by atoms with Crippen molar-refractivity contribution in [1.29, 1.82) is 0 Å². The second kappa shape index (κ2) is 4.53. The lowest BCUT2D eigenvalue weighted by Crippen LogP contribution is -2.13. The molecular formula is C12H17N3O. The van der Waals surface area contributed by atoms with E-state index in [0.717, 1.165) is 29.4 Å². The minimum absolute atomic E-state index is 0.440. The fourth-order valence-electron chi connectivity index (χ4n) is 1.69. The van der Waals surface area contributed by atoms with Crippen LogP contribution in [0, 0.1) is 12.8 Å². The summed E-state index contributed by atoms with van der Waals surface area (Å²) in [5.41, 5.74) is 7.53. The summed E-state index contributed by atoms with van der Waals surface area (Å²) in [7, 11) is 0. The zero-order chi connectivity index (χ0) is 11.5. The van der Waals surface area contributed by atoms with Gasteiger partial charge in [-0.2, -0.15) is 0 Å². The van der Waals surface area contributed by atoms with Crippen LogP contribution in [0.15, 0.2) is 22.8 Å². The van der Waals surface area contributed by atoms with Crippen molar-refractivity contribution in [3.63, 3.8) is 0 Å². The van der Waals surface area contributed by atoms with Gasteiger partial charge in [-0.15, -0.1) is 0 Å². The van der Waals surface area contributed by atoms with Crippen LogP contribution in [0.4, 0.5) is 0 Å². The van der Waals surface area contributed by atoms with Gasteiger partial charge in [-0.25, -0.2) is 4.98 Å². The number of aryl methyl sites for hydroxylation is 1. The Balaban J connectivity index is 2.22. The number of imidazole rings is 1. The zero-order valence-electron chi connectivity index (χ0n) is 9.66. The molecule has 86 valence electrons. The van der Waals surface area contributed by atoms with E-state index in [9.17, 15) is 0 Å². The molecule has 4 nitrogen and oxygen atoms in total. The van der Waals surface area contributed by atoms with Gasteiger partial charge in [0.2, 0.25) is 0 Å². The van der Waals surface area contributed by atoms with E-state index < -0.39 is 0 Å². The molecule has 3 N–H and O–H groups in total. The summed E-state index contributed by atoms with van der Waals surface area (Å²) in [6.45, 7) is 4.79. The van der Waals surface area contributed by atoms with Gasteiger partial charge in [0.05, 0.1) is 6.26 Å². The number of aromatic amines is 1. The molecule has 2 aromatic heterocycles. The third-order valence-corrected chi connectivity index (χ3v) is 2.63. The molecule has 0 aliphatic carbocycles. The van der Waals surface area contributed by atoms with Gasteiger partial charge in [0.25, 0.3) is 0 Å². The lowest BCUT2D eigenvalue weighted by Gasteiger charge is -2.03. The Kier molecular flexibility index (Phi) is 3.10. The molecule has 0 aliphatic heterocycles. The number of nitrogens with two attached hydrogens (primary N) is 1. The first-order valence-electron chi connectivity index (χ1n) is 5.50. The SMILES string of the molecule is Cc1[nH]c(CC(C)CN)nc1-c1ccco1. The average Bonchev–Trinajstić information content (AvgIpc) is 2.87. The maximum absolute atomic E-state index is 5.60. The van der Waals surface area contributed by atoms with Crippen molar-refractivity contribution >= 4 is 0 Å². The molecule has 0 saturated heterocycles. The largest absolute Gasteiger partial charge is 0.463 e. The van der Waals surface area contributed by atoms with E-state index in [4.69, 9.17) is 10.2 Å². The van der Waals surface area contributed by atoms with Crippen molar-refractivity contribution in [3.05, 3.63) is 29.9 Å². The predicted octanol–water partition coefficient (Wildman–Crippen LogP) is 2.12. The lowest BCUT2D eigenvalue weighted by atomic mass is 10.1. The van der Waals surface area contributed by atoms with Crippen molar-refractivity contribution in [2.45, 2.75) is 20.3 Å². The maximum atomic E-state index is 5.60. The van der Waals surface area contributed by atoms with Crippen LogP contribution in [0.1, 0.15) is 18.4 Å². The summed E-state index contributed by atoms with van der Waals surface area (Å²) in [6.07, 6.45) is 2.53. The number of hydrogen-bond acceptors (Lipinski definition) is 3. The Morgan fingerprint density at radius 2 is 2.38 bits per heavy atom. The standard InChI is InChI=1S/C12H17N3O/c1-8(7-13)6-11-14-9(2)12(15-11)10-4-3-5-16-10/h3-5,8H,6-7,13H2,1-2H3,(H,14,15). The number of nitrogens with one attached hydrogen (secondary N) is 1. The molecule has 2 aromatic rings. The molecule has 0 saturated carbocycles. The van der Waals surface area contributed by atoms with Crippen LogP contribution in [0.3, 0.4) is 0 Å². The van der Waals surface area contributed by atoms with Gasteiger partial charge >= 0.3 is 0 Å². The minimum atomic E-state index is 0.440. The first-order chi connectivity index (χ1) is 7.70. The number of aromatic nitrogens is 2. The molecule has 0 fully saturated rings. The molecule has 0 aromatic carbocycles. The highest BCUT2D eigenvalue weighted by Crippen LogP contribution is 2.22. The second-order valence-corrected chi connectivity index (χ2v) is 4.18. The Morgan fingerprint density at radius 3 is 3.00 bits per heavy atom. The smallest absolute Gasteiger partial charge is 0.154 e. The molecule has 0 bridgehead atoms. The van der Waals surface area contributed by atoms with E-state index in [2.05, 4.69) is 16.9 Å². The summed E-state index contributed by atoms with van der Waals surface area (Å²) in [6, 6.07) is 3.78. The minimum Gasteiger partial charge on any atom is -0.463 e. The molecule has 2 rings (SSSR count). The summed E-state index contributed by atoms with van der Waals surface area (Å²) in [4.78, 5) is 7.81. The number of furan rings is 1. The zero-order valence-corrected chi connectivity index (χ0v) is 9.66. The average molecular weight is 219 g/mol. The number of hydrogen-bond donors (Lipinski definition) is 2. The van der Waals surface area contributed by atoms with Gasteiger partial charge in [-0.3, -0.25) is 0 Å². The molecule has 0 spiro atoms. The van der Waals surface area contributed by atoms with Crippen LogP contribution in [-0.2, 0) is 6.42 Å². The molecule has 4 heteroatoms. The molecule has 1 atom stereocenters. The van der Waals surface area contributed by atoms with Gasteiger partial charge in [0, 0.05) is 12.1 Å². The molecule has 0 radical (unpaired) electrons. The predicted molar refractivity (Wildman–Crippen MR) is 62.9 cm³/mol. The third kappa shape index (κ3) is 2.17. The molecule has 0 amide bonds. The van der Waals surface area contributed by atoms with Crippen molar-refractivity contribution in [2.75, 3.05) is 6.54 Å². The summed E-state index contributed by atoms with van der Waals surface area (Å²) >= 11 is 0. The molecule has 16 heavy (non-hydrogen) atoms. The van der Waals surface area contributed by atoms with Gasteiger partial charge < -0.3 is 15.1 Å². The van der Waals surface area contributed by atoms with Gasteiger partial charge in [-0.1, -0.05) is 6.92 Å². The first-order valence-corrected chi connectivity index (χ1v) is 5.50. The molecular weight excluding hydrogens is 202 g/mol. The summed E-state index contributed by atoms with van der Waals surface area (Å²) in [5.74, 6) is 2.22. The fourth-order valence-corrected chi connectivity index (χ4v) is 1.69. The highest BCUT2D eigenvalue weighted by molar-refractivity contribution is 5.55. The molecule has 1 unspecified atom stereocenters. The fraction of sp³-hybridized carbons (Fsp3) is 0.417. The Bertz CT molecular complexity index is 445. The first kappa shape index (κ1) is 11.0. The van der Waals surface area contributed by atoms with Gasteiger partial charge in [0.1, 0.15) is 11.5 Å². The van der Waals surface area contributed by atoms with E-state index >= 15 is 0 Å². The number of nitrogens with zero attached hydrogens (tertiary/aromatic N) is 1. The van der Waals surface area contributed by atoms with Crippen LogP contribution < -0.4 is 5.73 Å². The maximum Gasteiger partial charge on any atom is 0.154 e. The highest BCUT2D eigenvalue weighted by atomic mass is 16.3. The van der Waals surface area contributed by atoms with Crippen LogP contribution in [0.2, 0.25) is 0 Å². The van der Waals surface area contributed by atoms with Crippen molar-refractivity contribution < 1.29 is 4.42 Å². The van der Waals surface area contributed by atoms with Gasteiger partial charge in [0.15, 0.2) is 5.76 Å². The van der Waals surface area contributed by atoms with E-state index in [1.54, 1.807) is 6.26 Å². The number of H-pyrrole nitrogens is 1. The van der Waals surface area contributed by atoms with Gasteiger partial charge in [-0.05, 0) is 31.5 Å². The summed E-state index contributed by atoms with van der Waals surface area (Å²) in [5, 5.41) is 0. The number of rotatable bonds is 4. The van der Waals surface area contributed by atoms with E-state index in [1.165, 1.54) is 0 Å². The van der Waals surface area contributed by atoms with Crippen molar-refractivity contribution in [3.8, 4) is 11.5 Å². The van der Waals surface area contributed by atoms with Crippen LogP contribution in [0.25, 0.3) is 11.5 Å². The molecule has 2 heterocycles. The van der Waals surface area contributed by atoms with Crippen LogP contribution in [-0.4, -0.2) is 16.5 Å². The summed E-state index contributed by atoms with van der Waals surface area (Å²) < 4.78 is 5.34. The van der Waals surface area contributed by atoms with Crippen molar-refractivity contribution in [1.82, 2.24) is 9.97 Å².